The summed E-state index contributed by atoms with van der Waals surface area (Å²) in [5, 5.41) is 0. The summed E-state index contributed by atoms with van der Waals surface area (Å²) >= 11 is 3.42. The lowest BCUT2D eigenvalue weighted by atomic mass is 10.0. The van der Waals surface area contributed by atoms with Gasteiger partial charge in [0, 0.05) is 16.1 Å². The van der Waals surface area contributed by atoms with Gasteiger partial charge in [-0.2, -0.15) is 0 Å². The van der Waals surface area contributed by atoms with E-state index in [1.165, 1.54) is 11.6 Å². The standard InChI is InChI=1S/C20H21BrO3/c1-4-23-19-11-8-17(21)13-16(19)7-12-20(22)24-18-9-5-15(6-10-18)14(2)3/h5-14H,4H2,1-3H3/b12-7+. The first-order valence-corrected chi connectivity index (χ1v) is 8.71. The van der Waals surface area contributed by atoms with Crippen LogP contribution in [0.4, 0.5) is 0 Å². The molecule has 0 heterocycles. The maximum absolute atomic E-state index is 12.0. The Labute approximate surface area is 151 Å². The van der Waals surface area contributed by atoms with Crippen LogP contribution in [-0.4, -0.2) is 12.6 Å². The van der Waals surface area contributed by atoms with Crippen LogP contribution in [0.25, 0.3) is 6.08 Å². The largest absolute Gasteiger partial charge is 0.493 e. The van der Waals surface area contributed by atoms with Crippen molar-refractivity contribution in [3.63, 3.8) is 0 Å². The Morgan fingerprint density at radius 3 is 2.50 bits per heavy atom. The average molecular weight is 389 g/mol. The first-order chi connectivity index (χ1) is 11.5. The molecule has 0 bridgehead atoms. The van der Waals surface area contributed by atoms with Crippen molar-refractivity contribution < 1.29 is 14.3 Å². The lowest BCUT2D eigenvalue weighted by molar-refractivity contribution is -0.128. The highest BCUT2D eigenvalue weighted by Gasteiger charge is 2.05. The molecule has 0 N–H and O–H groups in total. The molecule has 0 saturated carbocycles. The minimum Gasteiger partial charge on any atom is -0.493 e. The van der Waals surface area contributed by atoms with Gasteiger partial charge in [-0.25, -0.2) is 4.79 Å². The summed E-state index contributed by atoms with van der Waals surface area (Å²) in [6.45, 7) is 6.73. The lowest BCUT2D eigenvalue weighted by Gasteiger charge is -2.08. The maximum Gasteiger partial charge on any atom is 0.336 e. The number of esters is 1. The average Bonchev–Trinajstić information content (AvgIpc) is 2.55. The molecule has 0 saturated heterocycles. The molecule has 2 aromatic rings. The number of hydrogen-bond acceptors (Lipinski definition) is 3. The van der Waals surface area contributed by atoms with Crippen molar-refractivity contribution in [3.8, 4) is 11.5 Å². The first-order valence-electron chi connectivity index (χ1n) is 7.91. The van der Waals surface area contributed by atoms with Gasteiger partial charge >= 0.3 is 5.97 Å². The normalized spacial score (nSPS) is 11.0. The second-order valence-electron chi connectivity index (χ2n) is 5.59. The van der Waals surface area contributed by atoms with Crippen molar-refractivity contribution in [2.24, 2.45) is 0 Å². The zero-order valence-electron chi connectivity index (χ0n) is 14.1. The Morgan fingerprint density at radius 1 is 1.17 bits per heavy atom. The molecule has 2 rings (SSSR count). The Morgan fingerprint density at radius 2 is 1.88 bits per heavy atom. The highest BCUT2D eigenvalue weighted by atomic mass is 79.9. The van der Waals surface area contributed by atoms with Gasteiger partial charge in [0.25, 0.3) is 0 Å². The van der Waals surface area contributed by atoms with Crippen LogP contribution >= 0.6 is 15.9 Å². The van der Waals surface area contributed by atoms with Crippen LogP contribution in [-0.2, 0) is 4.79 Å². The Balaban J connectivity index is 2.06. The van der Waals surface area contributed by atoms with Crippen LogP contribution in [0.3, 0.4) is 0 Å². The summed E-state index contributed by atoms with van der Waals surface area (Å²) in [7, 11) is 0. The monoisotopic (exact) mass is 388 g/mol. The van der Waals surface area contributed by atoms with Gasteiger partial charge in [-0.05, 0) is 54.8 Å². The van der Waals surface area contributed by atoms with Gasteiger partial charge in [0.1, 0.15) is 11.5 Å². The molecule has 0 radical (unpaired) electrons. The van der Waals surface area contributed by atoms with E-state index in [2.05, 4.69) is 29.8 Å². The smallest absolute Gasteiger partial charge is 0.336 e. The van der Waals surface area contributed by atoms with E-state index in [1.807, 2.05) is 49.4 Å². The van der Waals surface area contributed by atoms with E-state index in [1.54, 1.807) is 6.08 Å². The lowest BCUT2D eigenvalue weighted by Crippen LogP contribution is -2.04. The fourth-order valence-electron chi connectivity index (χ4n) is 2.17. The fraction of sp³-hybridized carbons (Fsp3) is 0.250. The predicted octanol–water partition coefficient (Wildman–Crippen LogP) is 5.59. The Bertz CT molecular complexity index is 718. The zero-order chi connectivity index (χ0) is 17.5. The van der Waals surface area contributed by atoms with E-state index < -0.39 is 5.97 Å². The number of rotatable bonds is 6. The number of halogens is 1. The van der Waals surface area contributed by atoms with Gasteiger partial charge in [-0.1, -0.05) is 41.9 Å². The molecule has 0 aliphatic rings. The Hall–Kier alpha value is -2.07. The van der Waals surface area contributed by atoms with Gasteiger partial charge in [-0.3, -0.25) is 0 Å². The van der Waals surface area contributed by atoms with Crippen LogP contribution in [0.15, 0.2) is 53.0 Å². The van der Waals surface area contributed by atoms with Crippen LogP contribution in [0.1, 0.15) is 37.8 Å². The van der Waals surface area contributed by atoms with Crippen molar-refractivity contribution in [2.45, 2.75) is 26.7 Å². The Kier molecular flexibility index (Phi) is 6.62. The number of carbonyl (C=O) groups excluding carboxylic acids is 1. The molecule has 0 aliphatic carbocycles. The topological polar surface area (TPSA) is 35.5 Å². The van der Waals surface area contributed by atoms with E-state index in [-0.39, 0.29) is 0 Å². The molecule has 2 aromatic carbocycles. The van der Waals surface area contributed by atoms with Crippen molar-refractivity contribution >= 4 is 28.0 Å². The third kappa shape index (κ3) is 5.24. The molecule has 0 amide bonds. The molecule has 0 fully saturated rings. The molecular formula is C20H21BrO3. The molecular weight excluding hydrogens is 368 g/mol. The summed E-state index contributed by atoms with van der Waals surface area (Å²) in [6.07, 6.45) is 3.10. The number of carbonyl (C=O) groups is 1. The first kappa shape index (κ1) is 18.3. The van der Waals surface area contributed by atoms with Crippen molar-refractivity contribution in [1.29, 1.82) is 0 Å². The summed E-state index contributed by atoms with van der Waals surface area (Å²) in [6, 6.07) is 13.2. The van der Waals surface area contributed by atoms with Gasteiger partial charge in [0.2, 0.25) is 0 Å². The fourth-order valence-corrected chi connectivity index (χ4v) is 2.54. The number of ether oxygens (including phenoxy) is 2. The molecule has 0 atom stereocenters. The van der Waals surface area contributed by atoms with Gasteiger partial charge in [-0.15, -0.1) is 0 Å². The summed E-state index contributed by atoms with van der Waals surface area (Å²) in [4.78, 5) is 12.0. The van der Waals surface area contributed by atoms with Crippen LogP contribution in [0.2, 0.25) is 0 Å². The summed E-state index contributed by atoms with van der Waals surface area (Å²) in [5.41, 5.74) is 2.03. The summed E-state index contributed by atoms with van der Waals surface area (Å²) < 4.78 is 11.8. The highest BCUT2D eigenvalue weighted by molar-refractivity contribution is 9.10. The van der Waals surface area contributed by atoms with E-state index in [9.17, 15) is 4.79 Å². The second kappa shape index (κ2) is 8.69. The van der Waals surface area contributed by atoms with Crippen molar-refractivity contribution in [3.05, 3.63) is 64.1 Å². The van der Waals surface area contributed by atoms with Crippen LogP contribution < -0.4 is 9.47 Å². The van der Waals surface area contributed by atoms with Crippen LogP contribution in [0.5, 0.6) is 11.5 Å². The molecule has 0 unspecified atom stereocenters. The van der Waals surface area contributed by atoms with Crippen molar-refractivity contribution in [1.82, 2.24) is 0 Å². The van der Waals surface area contributed by atoms with Gasteiger partial charge in [0.05, 0.1) is 6.61 Å². The molecule has 0 spiro atoms. The van der Waals surface area contributed by atoms with E-state index in [4.69, 9.17) is 9.47 Å². The minimum absolute atomic E-state index is 0.422. The maximum atomic E-state index is 12.0. The molecule has 0 aromatic heterocycles. The molecule has 3 nitrogen and oxygen atoms in total. The molecule has 24 heavy (non-hydrogen) atoms. The van der Waals surface area contributed by atoms with Crippen molar-refractivity contribution in [2.75, 3.05) is 6.61 Å². The van der Waals surface area contributed by atoms with Crippen LogP contribution in [0, 0.1) is 0 Å². The van der Waals surface area contributed by atoms with Gasteiger partial charge < -0.3 is 9.47 Å². The molecule has 4 heteroatoms. The summed E-state index contributed by atoms with van der Waals surface area (Å²) in [5.74, 6) is 1.29. The van der Waals surface area contributed by atoms with E-state index in [0.717, 1.165) is 15.8 Å². The van der Waals surface area contributed by atoms with E-state index in [0.29, 0.717) is 18.3 Å². The zero-order valence-corrected chi connectivity index (χ0v) is 15.7. The number of hydrogen-bond donors (Lipinski definition) is 0. The number of benzene rings is 2. The SMILES string of the molecule is CCOc1ccc(Br)cc1/C=C/C(=O)Oc1ccc(C(C)C)cc1. The van der Waals surface area contributed by atoms with Gasteiger partial charge in [0.15, 0.2) is 0 Å². The minimum atomic E-state index is -0.422. The second-order valence-corrected chi connectivity index (χ2v) is 6.51. The predicted molar refractivity (Wildman–Crippen MR) is 101 cm³/mol. The third-order valence-electron chi connectivity index (χ3n) is 3.44. The quantitative estimate of drug-likeness (QED) is 0.367. The third-order valence-corrected chi connectivity index (χ3v) is 3.93. The molecule has 126 valence electrons. The molecule has 0 aliphatic heterocycles. The highest BCUT2D eigenvalue weighted by Crippen LogP contribution is 2.25. The van der Waals surface area contributed by atoms with E-state index >= 15 is 0 Å².